The molecular formula is C30H38N4O4S2. The van der Waals surface area contributed by atoms with E-state index in [4.69, 9.17) is 0 Å². The summed E-state index contributed by atoms with van der Waals surface area (Å²) in [6, 6.07) is 21.8. The number of likely N-dealkylation sites (N-methyl/N-ethyl adjacent to an activating group) is 2. The smallest absolute Gasteiger partial charge is 0.243 e. The topological polar surface area (TPSA) is 81.2 Å². The van der Waals surface area contributed by atoms with E-state index in [0.29, 0.717) is 10.8 Å². The van der Waals surface area contributed by atoms with Gasteiger partial charge in [0.15, 0.2) is 0 Å². The number of rotatable bonds is 11. The highest BCUT2D eigenvalue weighted by atomic mass is 32.2. The van der Waals surface area contributed by atoms with Gasteiger partial charge in [-0.05, 0) is 24.3 Å². The van der Waals surface area contributed by atoms with Gasteiger partial charge in [-0.2, -0.15) is 8.61 Å². The van der Waals surface area contributed by atoms with Crippen LogP contribution in [0.15, 0.2) is 82.6 Å². The van der Waals surface area contributed by atoms with Crippen LogP contribution >= 0.6 is 0 Å². The maximum absolute atomic E-state index is 13.9. The lowest BCUT2D eigenvalue weighted by Gasteiger charge is -2.27. The second kappa shape index (κ2) is 11.7. The van der Waals surface area contributed by atoms with Gasteiger partial charge in [-0.15, -0.1) is 0 Å². The van der Waals surface area contributed by atoms with Gasteiger partial charge in [0.2, 0.25) is 20.0 Å². The Balaban J connectivity index is 1.67. The summed E-state index contributed by atoms with van der Waals surface area (Å²) in [4.78, 5) is 4.34. The van der Waals surface area contributed by atoms with E-state index in [2.05, 4.69) is 0 Å². The first-order chi connectivity index (χ1) is 18.9. The summed E-state index contributed by atoms with van der Waals surface area (Å²) in [6.45, 7) is 4.03. The van der Waals surface area contributed by atoms with Crippen LogP contribution in [-0.4, -0.2) is 79.8 Å². The Hall–Kier alpha value is -3.18. The summed E-state index contributed by atoms with van der Waals surface area (Å²) in [5.41, 5.74) is 1.85. The maximum atomic E-state index is 13.9. The average Bonchev–Trinajstić information content (AvgIpc) is 2.93. The molecule has 0 aromatic heterocycles. The molecule has 0 spiro atoms. The predicted octanol–water partition coefficient (Wildman–Crippen LogP) is 4.85. The standard InChI is InChI=1S/C30H38N4O4S2/c1-7-33(39(35,36)29-19-11-13-23-25(29)15-9-17-27(23)31(3)4)21-22-34(8-2)40(37,38)30-20-12-14-24-26(30)16-10-18-28(24)32(5)6/h9-20H,7-8,21-22H2,1-6H3. The van der Waals surface area contributed by atoms with Crippen LogP contribution < -0.4 is 9.80 Å². The predicted molar refractivity (Wildman–Crippen MR) is 165 cm³/mol. The number of nitrogens with zero attached hydrogens (tertiary/aromatic N) is 4. The minimum Gasteiger partial charge on any atom is -0.377 e. The molecule has 10 heteroatoms. The van der Waals surface area contributed by atoms with Gasteiger partial charge in [-0.1, -0.05) is 62.4 Å². The number of hydrogen-bond acceptors (Lipinski definition) is 6. The van der Waals surface area contributed by atoms with Crippen LogP contribution in [0.25, 0.3) is 21.5 Å². The van der Waals surface area contributed by atoms with Crippen molar-refractivity contribution in [2.45, 2.75) is 23.6 Å². The van der Waals surface area contributed by atoms with Gasteiger partial charge in [0.05, 0.1) is 9.79 Å². The first-order valence-electron chi connectivity index (χ1n) is 13.3. The second-order valence-electron chi connectivity index (χ2n) is 10.0. The van der Waals surface area contributed by atoms with Gasteiger partial charge >= 0.3 is 0 Å². The molecule has 0 amide bonds. The molecule has 4 rings (SSSR count). The number of benzene rings is 4. The van der Waals surface area contributed by atoms with Crippen molar-refractivity contribution < 1.29 is 16.8 Å². The number of fused-ring (bicyclic) bond motifs is 2. The Morgan fingerprint density at radius 3 is 1.15 bits per heavy atom. The van der Waals surface area contributed by atoms with E-state index in [9.17, 15) is 16.8 Å². The number of anilines is 2. The molecule has 214 valence electrons. The molecule has 0 saturated carbocycles. The fourth-order valence-corrected chi connectivity index (χ4v) is 8.45. The molecule has 4 aromatic rings. The summed E-state index contributed by atoms with van der Waals surface area (Å²) in [5.74, 6) is 0. The summed E-state index contributed by atoms with van der Waals surface area (Å²) < 4.78 is 58.3. The third kappa shape index (κ3) is 5.41. The molecule has 0 fully saturated rings. The molecule has 0 unspecified atom stereocenters. The summed E-state index contributed by atoms with van der Waals surface area (Å²) >= 11 is 0. The highest BCUT2D eigenvalue weighted by molar-refractivity contribution is 7.89. The molecular weight excluding hydrogens is 544 g/mol. The van der Waals surface area contributed by atoms with Crippen LogP contribution in [0.3, 0.4) is 0 Å². The number of hydrogen-bond donors (Lipinski definition) is 0. The molecule has 0 aliphatic heterocycles. The van der Waals surface area contributed by atoms with E-state index in [0.717, 1.165) is 22.1 Å². The first kappa shape index (κ1) is 29.8. The van der Waals surface area contributed by atoms with Crippen molar-refractivity contribution in [2.24, 2.45) is 0 Å². The van der Waals surface area contributed by atoms with Gasteiger partial charge < -0.3 is 9.80 Å². The fourth-order valence-electron chi connectivity index (χ4n) is 5.16. The van der Waals surface area contributed by atoms with E-state index < -0.39 is 20.0 Å². The van der Waals surface area contributed by atoms with E-state index in [1.165, 1.54) is 8.61 Å². The maximum Gasteiger partial charge on any atom is 0.243 e. The SMILES string of the molecule is CCN(CCN(CC)S(=O)(=O)c1cccc2c(N(C)C)cccc12)S(=O)(=O)c1cccc2c(N(C)C)cccc12. The largest absolute Gasteiger partial charge is 0.377 e. The third-order valence-corrected chi connectivity index (χ3v) is 11.3. The van der Waals surface area contributed by atoms with E-state index in [1.807, 2.05) is 86.5 Å². The van der Waals surface area contributed by atoms with Gasteiger partial charge in [-0.3, -0.25) is 0 Å². The second-order valence-corrected chi connectivity index (χ2v) is 13.9. The number of sulfonamides is 2. The van der Waals surface area contributed by atoms with Crippen molar-refractivity contribution in [3.05, 3.63) is 72.8 Å². The molecule has 0 saturated heterocycles. The third-order valence-electron chi connectivity index (χ3n) is 7.22. The molecule has 0 radical (unpaired) electrons. The van der Waals surface area contributed by atoms with E-state index in [-0.39, 0.29) is 36.0 Å². The van der Waals surface area contributed by atoms with Crippen molar-refractivity contribution in [3.63, 3.8) is 0 Å². The Labute approximate surface area is 238 Å². The van der Waals surface area contributed by atoms with Crippen LogP contribution in [0, 0.1) is 0 Å². The van der Waals surface area contributed by atoms with Crippen LogP contribution in [0.2, 0.25) is 0 Å². The Morgan fingerprint density at radius 1 is 0.500 bits per heavy atom. The minimum absolute atomic E-state index is 0.0311. The van der Waals surface area contributed by atoms with Gasteiger partial charge in [0, 0.05) is 87.3 Å². The lowest BCUT2D eigenvalue weighted by atomic mass is 10.1. The highest BCUT2D eigenvalue weighted by Gasteiger charge is 2.30. The fraction of sp³-hybridized carbons (Fsp3) is 0.333. The highest BCUT2D eigenvalue weighted by Crippen LogP contribution is 2.33. The molecule has 0 aliphatic rings. The minimum atomic E-state index is -3.90. The van der Waals surface area contributed by atoms with Crippen LogP contribution in [0.5, 0.6) is 0 Å². The zero-order chi connectivity index (χ0) is 29.2. The van der Waals surface area contributed by atoms with Crippen LogP contribution in [-0.2, 0) is 20.0 Å². The molecule has 8 nitrogen and oxygen atoms in total. The first-order valence-corrected chi connectivity index (χ1v) is 16.2. The summed E-state index contributed by atoms with van der Waals surface area (Å²) in [6.07, 6.45) is 0. The average molecular weight is 583 g/mol. The normalized spacial score (nSPS) is 12.5. The molecule has 0 aliphatic carbocycles. The Morgan fingerprint density at radius 2 is 0.825 bits per heavy atom. The molecule has 4 aromatic carbocycles. The van der Waals surface area contributed by atoms with Gasteiger partial charge in [-0.25, -0.2) is 16.8 Å². The zero-order valence-electron chi connectivity index (χ0n) is 24.0. The van der Waals surface area contributed by atoms with Crippen LogP contribution in [0.4, 0.5) is 11.4 Å². The molecule has 40 heavy (non-hydrogen) atoms. The summed E-state index contributed by atoms with van der Waals surface area (Å²) in [7, 11) is -0.105. The Kier molecular flexibility index (Phi) is 8.75. The van der Waals surface area contributed by atoms with Crippen molar-refractivity contribution in [3.8, 4) is 0 Å². The molecule has 0 atom stereocenters. The van der Waals surface area contributed by atoms with Gasteiger partial charge in [0.25, 0.3) is 0 Å². The molecule has 0 heterocycles. The van der Waals surface area contributed by atoms with Crippen molar-refractivity contribution >= 4 is 53.0 Å². The quantitative estimate of drug-likeness (QED) is 0.252. The lowest BCUT2D eigenvalue weighted by Crippen LogP contribution is -2.41. The van der Waals surface area contributed by atoms with Crippen molar-refractivity contribution in [2.75, 3.05) is 64.2 Å². The zero-order valence-corrected chi connectivity index (χ0v) is 25.6. The molecule has 0 N–H and O–H groups in total. The van der Waals surface area contributed by atoms with E-state index in [1.54, 1.807) is 38.1 Å². The van der Waals surface area contributed by atoms with Crippen molar-refractivity contribution in [1.82, 2.24) is 8.61 Å². The Bertz CT molecular complexity index is 1610. The summed E-state index contributed by atoms with van der Waals surface area (Å²) in [5, 5.41) is 2.96. The van der Waals surface area contributed by atoms with Gasteiger partial charge in [0.1, 0.15) is 0 Å². The van der Waals surface area contributed by atoms with Crippen molar-refractivity contribution in [1.29, 1.82) is 0 Å². The monoisotopic (exact) mass is 582 g/mol. The lowest BCUT2D eigenvalue weighted by molar-refractivity contribution is 0.359. The van der Waals surface area contributed by atoms with Crippen LogP contribution in [0.1, 0.15) is 13.8 Å². The molecule has 0 bridgehead atoms. The van der Waals surface area contributed by atoms with E-state index >= 15 is 0 Å².